The summed E-state index contributed by atoms with van der Waals surface area (Å²) in [6.45, 7) is 2.99. The molecule has 0 aromatic heterocycles. The summed E-state index contributed by atoms with van der Waals surface area (Å²) in [5.74, 6) is 0.516. The Hall–Kier alpha value is -4.30. The molecule has 0 N–H and O–H groups in total. The van der Waals surface area contributed by atoms with Crippen LogP contribution < -0.4 is 31.8 Å². The van der Waals surface area contributed by atoms with Crippen molar-refractivity contribution in [1.29, 1.82) is 0 Å². The third-order valence-corrected chi connectivity index (χ3v) is 14.5. The minimum Gasteiger partial charge on any atom is -0.418 e. The summed E-state index contributed by atoms with van der Waals surface area (Å²) in [7, 11) is -6.89. The molecule has 1 unspecified atom stereocenters. The van der Waals surface area contributed by atoms with E-state index in [9.17, 15) is 17.3 Å². The maximum absolute atomic E-state index is 9.75. The molecule has 7 aromatic carbocycles. The Morgan fingerprint density at radius 3 is 0.912 bits per heavy atom. The molecule has 57 heavy (non-hydrogen) atoms. The summed E-state index contributed by atoms with van der Waals surface area (Å²) in [5, 5.41) is 8.39. The summed E-state index contributed by atoms with van der Waals surface area (Å²) in [4.78, 5) is 0. The average Bonchev–Trinajstić information content (AvgIpc) is 3.66. The van der Waals surface area contributed by atoms with E-state index in [1.807, 2.05) is 0 Å². The second-order valence-electron chi connectivity index (χ2n) is 12.6. The number of rotatable bonds is 7. The second-order valence-corrected chi connectivity index (χ2v) is 18.1. The molecule has 1 nitrogen and oxygen atoms in total. The SMILES string of the molecule is Cc1ccc(C2CCO[C]2=[Pt])cc1.F[B-](F)(F)F.[CH3-].c1ccc(P(c2ccccc2)c2ccccc2)cc1.c1ccc(P(c2ccccc2)c2ccccc2)cc1. The van der Waals surface area contributed by atoms with Crippen LogP contribution in [0.3, 0.4) is 0 Å². The first-order valence-electron chi connectivity index (χ1n) is 18.1. The minimum atomic E-state index is -6.00. The number of aryl methyl sites for hydroxylation is 1. The fraction of sp³-hybridized carbons (Fsp3) is 0.0833. The van der Waals surface area contributed by atoms with Crippen LogP contribution in [0, 0.1) is 14.4 Å². The van der Waals surface area contributed by atoms with Crippen LogP contribution >= 0.6 is 15.8 Å². The van der Waals surface area contributed by atoms with Crippen LogP contribution in [0.25, 0.3) is 0 Å². The van der Waals surface area contributed by atoms with Crippen molar-refractivity contribution >= 4 is 59.0 Å². The third-order valence-electron chi connectivity index (χ3n) is 8.46. The van der Waals surface area contributed by atoms with Crippen molar-refractivity contribution in [3.05, 3.63) is 225 Å². The topological polar surface area (TPSA) is 9.23 Å². The van der Waals surface area contributed by atoms with Gasteiger partial charge in [0.1, 0.15) is 0 Å². The van der Waals surface area contributed by atoms with Gasteiger partial charge in [0.25, 0.3) is 0 Å². The summed E-state index contributed by atoms with van der Waals surface area (Å²) in [6, 6.07) is 73.4. The van der Waals surface area contributed by atoms with Crippen LogP contribution in [0.2, 0.25) is 0 Å². The molecule has 296 valence electrons. The molecule has 1 fully saturated rings. The van der Waals surface area contributed by atoms with Gasteiger partial charge < -0.3 is 24.7 Å². The summed E-state index contributed by atoms with van der Waals surface area (Å²) in [6.07, 6.45) is 1.13. The molecule has 0 aliphatic carbocycles. The zero-order valence-electron chi connectivity index (χ0n) is 31.8. The van der Waals surface area contributed by atoms with Crippen LogP contribution in [0.1, 0.15) is 23.5 Å². The van der Waals surface area contributed by atoms with Gasteiger partial charge in [-0.25, -0.2) is 0 Å². The summed E-state index contributed by atoms with van der Waals surface area (Å²) < 4.78 is 45.6. The molecule has 1 aliphatic rings. The van der Waals surface area contributed by atoms with Gasteiger partial charge in [0.2, 0.25) is 0 Å². The van der Waals surface area contributed by atoms with Crippen molar-refractivity contribution < 1.29 is 41.4 Å². The quantitative estimate of drug-likeness (QED) is 0.0669. The standard InChI is InChI=1S/2C18H15P.C11H12O.CH3.BF4.Pt/c2*1-4-10-16(11-5-1)19(17-12-6-2-7-13-17)18-14-8-3-9-15-18;1-9-2-4-10(5-3-9)11-6-7-12-8-11;;2-1(3,4)5;/h2*1-15H;2-5,11H,6-7H2,1H3;1H3;;/q;;;2*-1;. The van der Waals surface area contributed by atoms with Crippen LogP contribution in [-0.2, 0) is 24.1 Å². The van der Waals surface area contributed by atoms with E-state index in [4.69, 9.17) is 4.74 Å². The minimum absolute atomic E-state index is 0. The van der Waals surface area contributed by atoms with Gasteiger partial charge in [0, 0.05) is 0 Å². The van der Waals surface area contributed by atoms with E-state index >= 15 is 0 Å². The van der Waals surface area contributed by atoms with Crippen molar-refractivity contribution in [3.63, 3.8) is 0 Å². The molecular formula is C48H45BF4OP2Pt-2. The average molecular weight is 982 g/mol. The molecule has 1 aliphatic heterocycles. The van der Waals surface area contributed by atoms with E-state index in [0.717, 1.165) is 17.1 Å². The first-order chi connectivity index (χ1) is 27.2. The van der Waals surface area contributed by atoms with Crippen molar-refractivity contribution in [2.45, 2.75) is 19.3 Å². The van der Waals surface area contributed by atoms with Crippen LogP contribution in [0.15, 0.2) is 206 Å². The van der Waals surface area contributed by atoms with Crippen molar-refractivity contribution in [2.75, 3.05) is 6.61 Å². The molecule has 7 aromatic rings. The monoisotopic (exact) mass is 981 g/mol. The Morgan fingerprint density at radius 1 is 0.456 bits per heavy atom. The van der Waals surface area contributed by atoms with Gasteiger partial charge in [-0.3, -0.25) is 0 Å². The Bertz CT molecular complexity index is 1840. The third kappa shape index (κ3) is 15.2. The van der Waals surface area contributed by atoms with E-state index < -0.39 is 23.1 Å². The number of hydrogen-bond acceptors (Lipinski definition) is 1. The van der Waals surface area contributed by atoms with Gasteiger partial charge in [0.15, 0.2) is 0 Å². The second kappa shape index (κ2) is 23.8. The molecule has 8 rings (SSSR count). The molecule has 0 amide bonds. The first kappa shape index (κ1) is 45.4. The summed E-state index contributed by atoms with van der Waals surface area (Å²) >= 11 is 2.28. The maximum atomic E-state index is 9.75. The van der Waals surface area contributed by atoms with Gasteiger partial charge in [-0.15, -0.1) is 0 Å². The normalized spacial score (nSPS) is 13.2. The van der Waals surface area contributed by atoms with E-state index in [1.54, 1.807) is 0 Å². The van der Waals surface area contributed by atoms with Crippen LogP contribution in [-0.4, -0.2) is 17.9 Å². The summed E-state index contributed by atoms with van der Waals surface area (Å²) in [5.41, 5.74) is 2.70. The van der Waals surface area contributed by atoms with E-state index in [2.05, 4.69) is 233 Å². The van der Waals surface area contributed by atoms with Crippen LogP contribution in [0.4, 0.5) is 17.3 Å². The Labute approximate surface area is 349 Å². The first-order valence-corrected chi connectivity index (χ1v) is 22.0. The number of benzene rings is 7. The smallest absolute Gasteiger partial charge is 0.418 e. The zero-order valence-corrected chi connectivity index (χ0v) is 35.9. The number of hydrogen-bond donors (Lipinski definition) is 0. The zero-order chi connectivity index (χ0) is 39.6. The Morgan fingerprint density at radius 2 is 0.702 bits per heavy atom. The predicted molar refractivity (Wildman–Crippen MR) is 236 cm³/mol. The van der Waals surface area contributed by atoms with Crippen molar-refractivity contribution in [3.8, 4) is 0 Å². The molecule has 9 heteroatoms. The van der Waals surface area contributed by atoms with E-state index in [0.29, 0.717) is 5.92 Å². The van der Waals surface area contributed by atoms with E-state index in [1.165, 1.54) is 43.0 Å². The van der Waals surface area contributed by atoms with Gasteiger partial charge >= 0.3 is 96.7 Å². The molecule has 1 heterocycles. The van der Waals surface area contributed by atoms with E-state index in [-0.39, 0.29) is 7.43 Å². The molecule has 0 bridgehead atoms. The van der Waals surface area contributed by atoms with Gasteiger partial charge in [-0.2, -0.15) is 0 Å². The van der Waals surface area contributed by atoms with Crippen molar-refractivity contribution in [2.24, 2.45) is 0 Å². The molecule has 0 spiro atoms. The fourth-order valence-electron chi connectivity index (χ4n) is 5.92. The fourth-order valence-corrected chi connectivity index (χ4v) is 11.5. The molecule has 1 saturated heterocycles. The number of ether oxygens (including phenoxy) is 1. The molecule has 0 saturated carbocycles. The van der Waals surface area contributed by atoms with Crippen molar-refractivity contribution in [1.82, 2.24) is 0 Å². The largest absolute Gasteiger partial charge is 0.673 e. The number of halogens is 4. The molecule has 0 radical (unpaired) electrons. The van der Waals surface area contributed by atoms with Crippen LogP contribution in [0.5, 0.6) is 0 Å². The molecule has 1 atom stereocenters. The van der Waals surface area contributed by atoms with Gasteiger partial charge in [-0.05, 0) is 47.7 Å². The Balaban J connectivity index is 0.000000180. The molecular weight excluding hydrogens is 936 g/mol. The predicted octanol–water partition coefficient (Wildman–Crippen LogP) is 10.8. The Kier molecular flexibility index (Phi) is 19.0. The van der Waals surface area contributed by atoms with Gasteiger partial charge in [0.05, 0.1) is 0 Å². The van der Waals surface area contributed by atoms with Gasteiger partial charge in [-0.1, -0.05) is 182 Å². The maximum Gasteiger partial charge on any atom is 0.673 e.